The predicted molar refractivity (Wildman–Crippen MR) is 52.0 cm³/mol. The van der Waals surface area contributed by atoms with Crippen LogP contribution in [0, 0.1) is 0 Å². The number of rotatable bonds is 0. The second-order valence-electron chi connectivity index (χ2n) is 3.12. The SMILES string of the molecule is C=C1c2ccc(N)cc2C(=O)N1C. The van der Waals surface area contributed by atoms with Crippen molar-refractivity contribution in [1.29, 1.82) is 0 Å². The second kappa shape index (κ2) is 2.36. The van der Waals surface area contributed by atoms with Crippen molar-refractivity contribution in [3.05, 3.63) is 35.9 Å². The van der Waals surface area contributed by atoms with Crippen molar-refractivity contribution in [1.82, 2.24) is 4.90 Å². The summed E-state index contributed by atoms with van der Waals surface area (Å²) in [5, 5.41) is 0. The van der Waals surface area contributed by atoms with Crippen LogP contribution in [-0.4, -0.2) is 17.9 Å². The van der Waals surface area contributed by atoms with Crippen LogP contribution in [0.15, 0.2) is 24.8 Å². The fourth-order valence-corrected chi connectivity index (χ4v) is 1.47. The summed E-state index contributed by atoms with van der Waals surface area (Å²) in [4.78, 5) is 13.1. The van der Waals surface area contributed by atoms with Crippen LogP contribution in [0.2, 0.25) is 0 Å². The van der Waals surface area contributed by atoms with Gasteiger partial charge in [0.2, 0.25) is 0 Å². The minimum atomic E-state index is -0.0349. The van der Waals surface area contributed by atoms with Crippen LogP contribution < -0.4 is 5.73 Å². The number of nitrogens with zero attached hydrogens (tertiary/aromatic N) is 1. The van der Waals surface area contributed by atoms with Crippen molar-refractivity contribution in [2.24, 2.45) is 0 Å². The Morgan fingerprint density at radius 2 is 2.08 bits per heavy atom. The molecule has 0 fully saturated rings. The lowest BCUT2D eigenvalue weighted by Crippen LogP contribution is -2.16. The van der Waals surface area contributed by atoms with Crippen LogP contribution in [-0.2, 0) is 0 Å². The molecule has 2 N–H and O–H groups in total. The zero-order valence-electron chi connectivity index (χ0n) is 7.37. The smallest absolute Gasteiger partial charge is 0.258 e. The minimum absolute atomic E-state index is 0.0349. The van der Waals surface area contributed by atoms with Gasteiger partial charge in [0.25, 0.3) is 5.91 Å². The van der Waals surface area contributed by atoms with Gasteiger partial charge in [0.05, 0.1) is 5.56 Å². The molecule has 0 radical (unpaired) electrons. The second-order valence-corrected chi connectivity index (χ2v) is 3.12. The molecule has 3 nitrogen and oxygen atoms in total. The maximum atomic E-state index is 11.6. The van der Waals surface area contributed by atoms with Gasteiger partial charge in [-0.2, -0.15) is 0 Å². The molecule has 2 rings (SSSR count). The molecule has 1 aliphatic rings. The first-order valence-corrected chi connectivity index (χ1v) is 3.98. The normalized spacial score (nSPS) is 15.0. The Morgan fingerprint density at radius 3 is 2.77 bits per heavy atom. The molecule has 0 aromatic heterocycles. The van der Waals surface area contributed by atoms with Crippen molar-refractivity contribution in [2.75, 3.05) is 12.8 Å². The summed E-state index contributed by atoms with van der Waals surface area (Å²) in [6, 6.07) is 5.29. The Morgan fingerprint density at radius 1 is 1.38 bits per heavy atom. The van der Waals surface area contributed by atoms with E-state index in [-0.39, 0.29) is 5.91 Å². The summed E-state index contributed by atoms with van der Waals surface area (Å²) in [7, 11) is 1.71. The average Bonchev–Trinajstić information content (AvgIpc) is 2.32. The molecular weight excluding hydrogens is 164 g/mol. The first-order valence-electron chi connectivity index (χ1n) is 3.98. The fraction of sp³-hybridized carbons (Fsp3) is 0.100. The van der Waals surface area contributed by atoms with E-state index in [1.807, 2.05) is 6.07 Å². The predicted octanol–water partition coefficient (Wildman–Crippen LogP) is 1.33. The van der Waals surface area contributed by atoms with E-state index < -0.39 is 0 Å². The first kappa shape index (κ1) is 7.86. The van der Waals surface area contributed by atoms with Crippen molar-refractivity contribution < 1.29 is 4.79 Å². The summed E-state index contributed by atoms with van der Waals surface area (Å²) < 4.78 is 0. The molecule has 3 heteroatoms. The Bertz CT molecular complexity index is 409. The third kappa shape index (κ3) is 0.935. The fourth-order valence-electron chi connectivity index (χ4n) is 1.47. The molecule has 66 valence electrons. The monoisotopic (exact) mass is 174 g/mol. The van der Waals surface area contributed by atoms with Crippen LogP contribution in [0.4, 0.5) is 5.69 Å². The van der Waals surface area contributed by atoms with Crippen molar-refractivity contribution >= 4 is 17.3 Å². The van der Waals surface area contributed by atoms with E-state index in [0.717, 1.165) is 11.3 Å². The maximum Gasteiger partial charge on any atom is 0.258 e. The largest absolute Gasteiger partial charge is 0.399 e. The molecule has 1 aromatic rings. The van der Waals surface area contributed by atoms with E-state index in [0.29, 0.717) is 11.3 Å². The Balaban J connectivity index is 2.67. The molecule has 0 atom stereocenters. The number of carbonyl (C=O) groups is 1. The topological polar surface area (TPSA) is 46.3 Å². The number of benzene rings is 1. The van der Waals surface area contributed by atoms with Crippen LogP contribution in [0.1, 0.15) is 15.9 Å². The molecule has 0 aliphatic carbocycles. The summed E-state index contributed by atoms with van der Waals surface area (Å²) >= 11 is 0. The molecule has 0 saturated heterocycles. The molecule has 1 amide bonds. The number of amides is 1. The number of anilines is 1. The minimum Gasteiger partial charge on any atom is -0.399 e. The molecular formula is C10H10N2O. The molecule has 1 heterocycles. The average molecular weight is 174 g/mol. The third-order valence-corrected chi connectivity index (χ3v) is 2.29. The van der Waals surface area contributed by atoms with Gasteiger partial charge in [0.15, 0.2) is 0 Å². The summed E-state index contributed by atoms with van der Waals surface area (Å²) in [5.74, 6) is -0.0349. The molecule has 0 unspecified atom stereocenters. The van der Waals surface area contributed by atoms with Crippen LogP contribution in [0.3, 0.4) is 0 Å². The van der Waals surface area contributed by atoms with Crippen LogP contribution in [0.5, 0.6) is 0 Å². The van der Waals surface area contributed by atoms with Gasteiger partial charge >= 0.3 is 0 Å². The number of nitrogen functional groups attached to an aromatic ring is 1. The van der Waals surface area contributed by atoms with Gasteiger partial charge in [0.1, 0.15) is 0 Å². The Hall–Kier alpha value is -1.77. The number of carbonyl (C=O) groups excluding carboxylic acids is 1. The van der Waals surface area contributed by atoms with E-state index in [1.54, 1.807) is 19.2 Å². The number of nitrogens with two attached hydrogens (primary N) is 1. The van der Waals surface area contributed by atoms with Gasteiger partial charge in [-0.15, -0.1) is 0 Å². The van der Waals surface area contributed by atoms with E-state index >= 15 is 0 Å². The van der Waals surface area contributed by atoms with Gasteiger partial charge in [-0.25, -0.2) is 0 Å². The van der Waals surface area contributed by atoms with Crippen molar-refractivity contribution in [3.63, 3.8) is 0 Å². The maximum absolute atomic E-state index is 11.6. The molecule has 0 bridgehead atoms. The number of hydrogen-bond donors (Lipinski definition) is 1. The Kier molecular flexibility index (Phi) is 1.42. The zero-order chi connectivity index (χ0) is 9.59. The molecule has 13 heavy (non-hydrogen) atoms. The van der Waals surface area contributed by atoms with E-state index in [1.165, 1.54) is 4.90 Å². The van der Waals surface area contributed by atoms with Gasteiger partial charge in [0, 0.05) is 24.0 Å². The number of fused-ring (bicyclic) bond motifs is 1. The van der Waals surface area contributed by atoms with Crippen molar-refractivity contribution in [3.8, 4) is 0 Å². The van der Waals surface area contributed by atoms with E-state index in [4.69, 9.17) is 5.73 Å². The lowest BCUT2D eigenvalue weighted by Gasteiger charge is -2.07. The highest BCUT2D eigenvalue weighted by Crippen LogP contribution is 2.30. The molecule has 0 saturated carbocycles. The summed E-state index contributed by atoms with van der Waals surface area (Å²) in [6.45, 7) is 3.82. The third-order valence-electron chi connectivity index (χ3n) is 2.29. The lowest BCUT2D eigenvalue weighted by atomic mass is 10.1. The lowest BCUT2D eigenvalue weighted by molar-refractivity contribution is 0.0875. The highest BCUT2D eigenvalue weighted by molar-refractivity contribution is 6.09. The van der Waals surface area contributed by atoms with Gasteiger partial charge < -0.3 is 10.6 Å². The van der Waals surface area contributed by atoms with E-state index in [9.17, 15) is 4.79 Å². The highest BCUT2D eigenvalue weighted by atomic mass is 16.2. The van der Waals surface area contributed by atoms with Gasteiger partial charge in [-0.3, -0.25) is 4.79 Å². The van der Waals surface area contributed by atoms with Crippen LogP contribution >= 0.6 is 0 Å². The molecule has 0 spiro atoms. The van der Waals surface area contributed by atoms with Crippen LogP contribution in [0.25, 0.3) is 5.70 Å². The van der Waals surface area contributed by atoms with Crippen molar-refractivity contribution in [2.45, 2.75) is 0 Å². The zero-order valence-corrected chi connectivity index (χ0v) is 7.37. The highest BCUT2D eigenvalue weighted by Gasteiger charge is 2.27. The van der Waals surface area contributed by atoms with Gasteiger partial charge in [-0.1, -0.05) is 12.6 Å². The van der Waals surface area contributed by atoms with E-state index in [2.05, 4.69) is 6.58 Å². The first-order chi connectivity index (χ1) is 6.11. The summed E-state index contributed by atoms with van der Waals surface area (Å²) in [5.41, 5.74) is 8.45. The number of hydrogen-bond acceptors (Lipinski definition) is 2. The standard InChI is InChI=1S/C10H10N2O/c1-6-8-4-3-7(11)5-9(8)10(13)12(6)2/h3-5H,1,11H2,2H3. The Labute approximate surface area is 76.5 Å². The van der Waals surface area contributed by atoms with Gasteiger partial charge in [-0.05, 0) is 12.1 Å². The quantitative estimate of drug-likeness (QED) is 0.603. The molecule has 1 aliphatic heterocycles. The summed E-state index contributed by atoms with van der Waals surface area (Å²) in [6.07, 6.45) is 0. The molecule has 1 aromatic carbocycles.